The number of amides is 1. The zero-order valence-corrected chi connectivity index (χ0v) is 29.3. The minimum Gasteiger partial charge on any atom is -0.619 e. The predicted molar refractivity (Wildman–Crippen MR) is 185 cm³/mol. The third-order valence-electron chi connectivity index (χ3n) is 9.27. The third-order valence-corrected chi connectivity index (χ3v) is 9.93. The average molecular weight is 743 g/mol. The van der Waals surface area contributed by atoms with E-state index in [0.29, 0.717) is 39.5 Å². The van der Waals surface area contributed by atoms with Gasteiger partial charge in [0.05, 0.1) is 32.0 Å². The molecule has 0 N–H and O–H groups in total. The number of halogens is 4. The molecule has 7 rings (SSSR count). The largest absolute Gasteiger partial charge is 0.619 e. The normalized spacial score (nSPS) is 18.5. The van der Waals surface area contributed by atoms with Crippen LogP contribution in [0.2, 0.25) is 10.0 Å². The first-order valence-electron chi connectivity index (χ1n) is 16.3. The van der Waals surface area contributed by atoms with Crippen LogP contribution >= 0.6 is 23.2 Å². The summed E-state index contributed by atoms with van der Waals surface area (Å²) in [7, 11) is 2.97. The fraction of sp³-hybridized carbons (Fsp3) is 0.324. The maximum Gasteiger partial charge on any atom is 0.415 e. The van der Waals surface area contributed by atoms with Crippen LogP contribution in [0.25, 0.3) is 0 Å². The van der Waals surface area contributed by atoms with E-state index in [2.05, 4.69) is 4.90 Å². The molecule has 3 saturated heterocycles. The lowest BCUT2D eigenvalue weighted by atomic mass is 9.86. The fourth-order valence-corrected chi connectivity index (χ4v) is 7.09. The summed E-state index contributed by atoms with van der Waals surface area (Å²) >= 11 is 12.7. The van der Waals surface area contributed by atoms with E-state index >= 15 is 4.39 Å². The van der Waals surface area contributed by atoms with Gasteiger partial charge in [0, 0.05) is 24.6 Å². The average Bonchev–Trinajstić information content (AvgIpc) is 3.13. The number of anilines is 1. The fourth-order valence-electron chi connectivity index (χ4n) is 6.50. The van der Waals surface area contributed by atoms with Crippen molar-refractivity contribution in [2.24, 2.45) is 5.92 Å². The van der Waals surface area contributed by atoms with Gasteiger partial charge in [0.2, 0.25) is 0 Å². The molecule has 0 radical (unpaired) electrons. The summed E-state index contributed by atoms with van der Waals surface area (Å²) in [5, 5.41) is 12.0. The molecule has 3 fully saturated rings. The number of carbonyl (C=O) groups excluding carboxylic acids is 2. The van der Waals surface area contributed by atoms with Crippen molar-refractivity contribution in [3.63, 3.8) is 0 Å². The number of ether oxygens (including phenoxy) is 4. The number of piperidine rings is 3. The standard InChI is InChI=1S/C37H35Cl2F2N3O7/c1-48-32-10-7-25(15-34(32)49-2)33(17-27-28(38)19-43(47)20-29(27)39)50-36(45)24-5-3-22(4-6-24)18-44(31-16-26(40)8-9-30(31)41)37(46)51-35-21-42-13-11-23(35)12-14-42/h3-10,15-16,19-20,23,33,35H,11-14,17-18,21H2,1-2H3/t33?,35-/m0/s1. The minimum atomic E-state index is -0.929. The van der Waals surface area contributed by atoms with Gasteiger partial charge in [-0.05, 0) is 79.4 Å². The third kappa shape index (κ3) is 8.30. The first-order valence-corrected chi connectivity index (χ1v) is 17.0. The Hall–Kier alpha value is -4.65. The number of esters is 1. The van der Waals surface area contributed by atoms with Crippen molar-refractivity contribution < 1.29 is 42.0 Å². The van der Waals surface area contributed by atoms with Crippen LogP contribution in [-0.2, 0) is 22.4 Å². The summed E-state index contributed by atoms with van der Waals surface area (Å²) in [6.07, 6.45) is 2.07. The molecular formula is C37H35Cl2F2N3O7. The Labute approximate surface area is 303 Å². The van der Waals surface area contributed by atoms with Crippen molar-refractivity contribution >= 4 is 41.0 Å². The van der Waals surface area contributed by atoms with E-state index in [4.69, 9.17) is 42.1 Å². The number of rotatable bonds is 11. The molecule has 2 atom stereocenters. The van der Waals surface area contributed by atoms with Crippen LogP contribution in [0, 0.1) is 22.8 Å². The summed E-state index contributed by atoms with van der Waals surface area (Å²) in [4.78, 5) is 30.4. The molecule has 0 saturated carbocycles. The second kappa shape index (κ2) is 15.7. The van der Waals surface area contributed by atoms with E-state index in [1.54, 1.807) is 30.3 Å². The number of hydrogen-bond donors (Lipinski definition) is 0. The van der Waals surface area contributed by atoms with Crippen molar-refractivity contribution in [3.8, 4) is 11.5 Å². The molecule has 1 unspecified atom stereocenters. The smallest absolute Gasteiger partial charge is 0.415 e. The van der Waals surface area contributed by atoms with E-state index in [0.717, 1.165) is 61.4 Å². The Morgan fingerprint density at radius 3 is 2.27 bits per heavy atom. The molecule has 268 valence electrons. The summed E-state index contributed by atoms with van der Waals surface area (Å²) in [5.74, 6) is -1.12. The van der Waals surface area contributed by atoms with Crippen molar-refractivity contribution in [1.82, 2.24) is 4.90 Å². The van der Waals surface area contributed by atoms with Gasteiger partial charge in [-0.3, -0.25) is 9.80 Å². The molecular weight excluding hydrogens is 707 g/mol. The van der Waals surface area contributed by atoms with E-state index in [1.165, 1.54) is 26.4 Å². The molecule has 0 spiro atoms. The Morgan fingerprint density at radius 2 is 1.65 bits per heavy atom. The van der Waals surface area contributed by atoms with Gasteiger partial charge in [-0.1, -0.05) is 41.4 Å². The topological polar surface area (TPSA) is 104 Å². The Bertz CT molecular complexity index is 1880. The molecule has 2 bridgehead atoms. The number of hydrogen-bond acceptors (Lipinski definition) is 8. The highest BCUT2D eigenvalue weighted by Crippen LogP contribution is 2.36. The summed E-state index contributed by atoms with van der Waals surface area (Å²) in [5.41, 5.74) is 1.36. The molecule has 3 aliphatic heterocycles. The van der Waals surface area contributed by atoms with Gasteiger partial charge >= 0.3 is 12.1 Å². The second-order valence-electron chi connectivity index (χ2n) is 12.4. The SMILES string of the molecule is COc1ccc(C(Cc2c(Cl)c[n+]([O-])cc2Cl)OC(=O)c2ccc(CN(C(=O)O[C@H]3CN4CCC3CC4)c3cc(F)ccc3F)cc2)cc1OC. The lowest BCUT2D eigenvalue weighted by Gasteiger charge is -2.44. The molecule has 4 aromatic rings. The molecule has 14 heteroatoms. The van der Waals surface area contributed by atoms with Crippen molar-refractivity contribution in [2.45, 2.75) is 38.0 Å². The maximum absolute atomic E-state index is 15.0. The highest BCUT2D eigenvalue weighted by atomic mass is 35.5. The molecule has 1 aromatic heterocycles. The van der Waals surface area contributed by atoms with Crippen molar-refractivity contribution in [2.75, 3.05) is 38.8 Å². The summed E-state index contributed by atoms with van der Waals surface area (Å²) < 4.78 is 52.5. The quantitative estimate of drug-likeness (QED) is 0.0897. The Kier molecular flexibility index (Phi) is 11.1. The molecule has 1 amide bonds. The van der Waals surface area contributed by atoms with E-state index < -0.39 is 29.8 Å². The van der Waals surface area contributed by atoms with Crippen LogP contribution in [0.5, 0.6) is 11.5 Å². The first kappa shape index (κ1) is 36.2. The van der Waals surface area contributed by atoms with Gasteiger partial charge in [0.1, 0.15) is 33.9 Å². The van der Waals surface area contributed by atoms with Crippen LogP contribution < -0.4 is 19.1 Å². The van der Waals surface area contributed by atoms with Crippen molar-refractivity contribution in [1.29, 1.82) is 0 Å². The van der Waals surface area contributed by atoms with Gasteiger partial charge in [-0.25, -0.2) is 18.4 Å². The maximum atomic E-state index is 15.0. The first-order chi connectivity index (χ1) is 24.5. The summed E-state index contributed by atoms with van der Waals surface area (Å²) in [6.45, 7) is 2.33. The van der Waals surface area contributed by atoms with Gasteiger partial charge in [0.15, 0.2) is 23.9 Å². The number of pyridine rings is 1. The zero-order chi connectivity index (χ0) is 36.2. The molecule has 4 heterocycles. The zero-order valence-electron chi connectivity index (χ0n) is 27.8. The number of methoxy groups -OCH3 is 2. The van der Waals surface area contributed by atoms with Crippen LogP contribution in [-0.4, -0.2) is 56.9 Å². The molecule has 3 aliphatic rings. The van der Waals surface area contributed by atoms with Crippen molar-refractivity contribution in [3.05, 3.63) is 122 Å². The van der Waals surface area contributed by atoms with Crippen LogP contribution in [0.1, 0.15) is 46.0 Å². The molecule has 0 aliphatic carbocycles. The second-order valence-corrected chi connectivity index (χ2v) is 13.3. The number of carbonyl (C=O) groups is 2. The van der Waals surface area contributed by atoms with E-state index in [9.17, 15) is 19.2 Å². The van der Waals surface area contributed by atoms with Gasteiger partial charge in [-0.2, -0.15) is 4.73 Å². The summed E-state index contributed by atoms with van der Waals surface area (Å²) in [6, 6.07) is 14.1. The van der Waals surface area contributed by atoms with Gasteiger partial charge in [-0.15, -0.1) is 0 Å². The van der Waals surface area contributed by atoms with Gasteiger partial charge in [0.25, 0.3) is 0 Å². The predicted octanol–water partition coefficient (Wildman–Crippen LogP) is 7.30. The molecule has 10 nitrogen and oxygen atoms in total. The Morgan fingerprint density at radius 1 is 0.961 bits per heavy atom. The van der Waals surface area contributed by atoms with E-state index in [-0.39, 0.29) is 46.3 Å². The van der Waals surface area contributed by atoms with E-state index in [1.807, 2.05) is 0 Å². The number of fused-ring (bicyclic) bond motifs is 3. The van der Waals surface area contributed by atoms with Crippen LogP contribution in [0.3, 0.4) is 0 Å². The highest BCUT2D eigenvalue weighted by molar-refractivity contribution is 6.35. The monoisotopic (exact) mass is 741 g/mol. The molecule has 3 aromatic carbocycles. The highest BCUT2D eigenvalue weighted by Gasteiger charge is 2.38. The van der Waals surface area contributed by atoms with Crippen LogP contribution in [0.15, 0.2) is 73.1 Å². The van der Waals surface area contributed by atoms with Gasteiger partial charge < -0.3 is 24.2 Å². The number of aromatic nitrogens is 1. The minimum absolute atomic E-state index is 0.0215. The lowest BCUT2D eigenvalue weighted by Crippen LogP contribution is -2.53. The molecule has 51 heavy (non-hydrogen) atoms. The van der Waals surface area contributed by atoms with Crippen LogP contribution in [0.4, 0.5) is 19.3 Å². The Balaban J connectivity index is 1.23. The number of nitrogens with zero attached hydrogens (tertiary/aromatic N) is 3. The lowest BCUT2D eigenvalue weighted by molar-refractivity contribution is -0.605. The number of benzene rings is 3.